The number of aliphatic hydroxyl groups is 1. The first-order chi connectivity index (χ1) is 23.5. The number of unbranched alkanes of at least 4 members (excludes halogenated alkanes) is 22. The number of quaternary nitrogens is 1. The van der Waals surface area contributed by atoms with E-state index in [1.54, 1.807) is 0 Å². The summed E-state index contributed by atoms with van der Waals surface area (Å²) in [4.78, 5) is 25.2. The fraction of sp³-hybridized carbons (Fsp3) is 0.925. The highest BCUT2D eigenvalue weighted by Gasteiger charge is 2.24. The first-order valence-corrected chi connectivity index (χ1v) is 22.0. The van der Waals surface area contributed by atoms with E-state index in [1.807, 2.05) is 21.1 Å². The number of allylic oxidation sites excluding steroid dienone is 2. The lowest BCUT2D eigenvalue weighted by Crippen LogP contribution is -2.46. The average molecular weight is 717 g/mol. The molecule has 0 spiro atoms. The van der Waals surface area contributed by atoms with Gasteiger partial charge in [0.05, 0.1) is 39.9 Å². The van der Waals surface area contributed by atoms with Crippen LogP contribution in [-0.4, -0.2) is 68.5 Å². The Morgan fingerprint density at radius 1 is 0.694 bits per heavy atom. The zero-order chi connectivity index (χ0) is 36.5. The second-order valence-corrected chi connectivity index (χ2v) is 16.8. The SMILES string of the molecule is CCCCCCCCCCC/C=C\CCCCCCCC(=O)NC(COP(=O)([O-])OCC[N+](C)(C)C)C(O)CCCCCCCCCCC. The van der Waals surface area contributed by atoms with Crippen LogP contribution in [0.25, 0.3) is 0 Å². The molecule has 0 aliphatic rings. The first kappa shape index (κ1) is 48.2. The van der Waals surface area contributed by atoms with Gasteiger partial charge in [-0.1, -0.05) is 154 Å². The lowest BCUT2D eigenvalue weighted by molar-refractivity contribution is -0.870. The van der Waals surface area contributed by atoms with Gasteiger partial charge in [-0.25, -0.2) is 0 Å². The number of rotatable bonds is 37. The van der Waals surface area contributed by atoms with Crippen molar-refractivity contribution >= 4 is 13.7 Å². The Labute approximate surface area is 303 Å². The van der Waals surface area contributed by atoms with Crippen molar-refractivity contribution in [1.29, 1.82) is 0 Å². The van der Waals surface area contributed by atoms with Crippen molar-refractivity contribution in [3.8, 4) is 0 Å². The van der Waals surface area contributed by atoms with Crippen LogP contribution >= 0.6 is 7.82 Å². The zero-order valence-electron chi connectivity index (χ0n) is 32.9. The maximum Gasteiger partial charge on any atom is 0.268 e. The number of amides is 1. The molecule has 0 radical (unpaired) electrons. The number of carbonyl (C=O) groups is 1. The summed E-state index contributed by atoms with van der Waals surface area (Å²) in [5.74, 6) is -0.175. The maximum absolute atomic E-state index is 12.8. The molecule has 8 nitrogen and oxygen atoms in total. The van der Waals surface area contributed by atoms with Gasteiger partial charge >= 0.3 is 0 Å². The number of phosphoric ester groups is 1. The molecule has 0 aromatic rings. The van der Waals surface area contributed by atoms with E-state index in [0.717, 1.165) is 51.4 Å². The third kappa shape index (κ3) is 35.4. The fourth-order valence-electron chi connectivity index (χ4n) is 5.92. The second kappa shape index (κ2) is 33.1. The molecule has 0 aromatic heterocycles. The Morgan fingerprint density at radius 2 is 1.12 bits per heavy atom. The molecule has 2 N–H and O–H groups in total. The van der Waals surface area contributed by atoms with E-state index < -0.39 is 20.0 Å². The Hall–Kier alpha value is -0.760. The Bertz CT molecular complexity index is 819. The Morgan fingerprint density at radius 3 is 1.59 bits per heavy atom. The molecule has 0 aliphatic carbocycles. The fourth-order valence-corrected chi connectivity index (χ4v) is 6.64. The van der Waals surface area contributed by atoms with Crippen LogP contribution < -0.4 is 10.2 Å². The van der Waals surface area contributed by atoms with Crippen molar-refractivity contribution in [3.05, 3.63) is 12.2 Å². The van der Waals surface area contributed by atoms with Crippen LogP contribution in [0.4, 0.5) is 0 Å². The Balaban J connectivity index is 4.33. The molecule has 3 atom stereocenters. The largest absolute Gasteiger partial charge is 0.756 e. The number of hydrogen-bond acceptors (Lipinski definition) is 6. The molecule has 49 heavy (non-hydrogen) atoms. The molecule has 292 valence electrons. The predicted octanol–water partition coefficient (Wildman–Crippen LogP) is 10.2. The summed E-state index contributed by atoms with van der Waals surface area (Å²) in [6, 6.07) is -0.798. The molecule has 0 heterocycles. The highest BCUT2D eigenvalue weighted by molar-refractivity contribution is 7.45. The van der Waals surface area contributed by atoms with Gasteiger partial charge in [0.15, 0.2) is 0 Å². The molecule has 0 saturated carbocycles. The van der Waals surface area contributed by atoms with Crippen LogP contribution in [0.5, 0.6) is 0 Å². The molecule has 0 bridgehead atoms. The van der Waals surface area contributed by atoms with Gasteiger partial charge in [0, 0.05) is 6.42 Å². The minimum atomic E-state index is -4.55. The monoisotopic (exact) mass is 717 g/mol. The van der Waals surface area contributed by atoms with Gasteiger partial charge in [-0.2, -0.15) is 0 Å². The first-order valence-electron chi connectivity index (χ1n) is 20.5. The topological polar surface area (TPSA) is 108 Å². The third-order valence-corrected chi connectivity index (χ3v) is 10.2. The van der Waals surface area contributed by atoms with Crippen molar-refractivity contribution in [1.82, 2.24) is 5.32 Å². The molecular formula is C40H81N2O6P. The van der Waals surface area contributed by atoms with Crippen molar-refractivity contribution in [3.63, 3.8) is 0 Å². The molecule has 0 rings (SSSR count). The molecule has 9 heteroatoms. The van der Waals surface area contributed by atoms with Crippen molar-refractivity contribution in [2.24, 2.45) is 0 Å². The van der Waals surface area contributed by atoms with Crippen molar-refractivity contribution in [2.45, 2.75) is 199 Å². The minimum Gasteiger partial charge on any atom is -0.756 e. The molecule has 0 saturated heterocycles. The van der Waals surface area contributed by atoms with Crippen LogP contribution in [0.15, 0.2) is 12.2 Å². The van der Waals surface area contributed by atoms with Crippen LogP contribution in [0.2, 0.25) is 0 Å². The predicted molar refractivity (Wildman–Crippen MR) is 205 cm³/mol. The Kier molecular flexibility index (Phi) is 32.6. The van der Waals surface area contributed by atoms with Crippen molar-refractivity contribution < 1.29 is 32.9 Å². The van der Waals surface area contributed by atoms with Crippen LogP contribution in [0.3, 0.4) is 0 Å². The highest BCUT2D eigenvalue weighted by Crippen LogP contribution is 2.38. The maximum atomic E-state index is 12.8. The third-order valence-electron chi connectivity index (χ3n) is 9.25. The summed E-state index contributed by atoms with van der Waals surface area (Å²) in [6.45, 7) is 4.68. The molecule has 1 amide bonds. The zero-order valence-corrected chi connectivity index (χ0v) is 33.8. The van der Waals surface area contributed by atoms with E-state index in [-0.39, 0.29) is 19.1 Å². The number of aliphatic hydroxyl groups excluding tert-OH is 1. The van der Waals surface area contributed by atoms with E-state index in [4.69, 9.17) is 9.05 Å². The quantitative estimate of drug-likeness (QED) is 0.0287. The number of likely N-dealkylation sites (N-methyl/N-ethyl adjacent to an activating group) is 1. The van der Waals surface area contributed by atoms with Gasteiger partial charge in [0.1, 0.15) is 13.2 Å². The summed E-state index contributed by atoms with van der Waals surface area (Å²) >= 11 is 0. The van der Waals surface area contributed by atoms with Crippen LogP contribution in [0, 0.1) is 0 Å². The van der Waals surface area contributed by atoms with Crippen LogP contribution in [-0.2, 0) is 18.4 Å². The van der Waals surface area contributed by atoms with E-state index >= 15 is 0 Å². The number of nitrogens with one attached hydrogen (secondary N) is 1. The summed E-state index contributed by atoms with van der Waals surface area (Å²) in [5.41, 5.74) is 0. The molecule has 0 aliphatic heterocycles. The lowest BCUT2D eigenvalue weighted by atomic mass is 10.0. The van der Waals surface area contributed by atoms with E-state index in [1.165, 1.54) is 109 Å². The molecule has 3 unspecified atom stereocenters. The molecule has 0 aromatic carbocycles. The van der Waals surface area contributed by atoms with E-state index in [0.29, 0.717) is 23.9 Å². The van der Waals surface area contributed by atoms with Gasteiger partial charge in [0.2, 0.25) is 5.91 Å². The number of nitrogens with zero attached hydrogens (tertiary/aromatic N) is 1. The minimum absolute atomic E-state index is 0.0119. The van der Waals surface area contributed by atoms with Gasteiger partial charge < -0.3 is 28.8 Å². The standard InChI is InChI=1S/C40H81N2O6P/c1-6-8-10-12-14-16-17-18-19-20-21-22-23-24-26-28-30-32-34-40(44)41-38(37-48-49(45,46)47-36-35-42(3,4)5)39(43)33-31-29-27-25-15-13-11-9-7-2/h21-22,38-39,43H,6-20,23-37H2,1-5H3,(H-,41,44,45,46)/b22-21-. The van der Waals surface area contributed by atoms with Gasteiger partial charge in [0.25, 0.3) is 7.82 Å². The summed E-state index contributed by atoms with van der Waals surface area (Å²) in [7, 11) is 1.30. The smallest absolute Gasteiger partial charge is 0.268 e. The average Bonchev–Trinajstić information content (AvgIpc) is 3.04. The number of phosphoric acid groups is 1. The normalized spacial score (nSPS) is 14.7. The summed E-state index contributed by atoms with van der Waals surface area (Å²) < 4.78 is 23.1. The highest BCUT2D eigenvalue weighted by atomic mass is 31.2. The second-order valence-electron chi connectivity index (χ2n) is 15.3. The number of carbonyl (C=O) groups excluding carboxylic acids is 1. The summed E-state index contributed by atoms with van der Waals surface area (Å²) in [5, 5.41) is 13.8. The van der Waals surface area contributed by atoms with Crippen molar-refractivity contribution in [2.75, 3.05) is 40.9 Å². The van der Waals surface area contributed by atoms with Gasteiger partial charge in [-0.3, -0.25) is 9.36 Å². The van der Waals surface area contributed by atoms with Gasteiger partial charge in [-0.15, -0.1) is 0 Å². The number of hydrogen-bond donors (Lipinski definition) is 2. The van der Waals surface area contributed by atoms with E-state index in [9.17, 15) is 19.4 Å². The molecular weight excluding hydrogens is 635 g/mol. The van der Waals surface area contributed by atoms with Crippen LogP contribution in [0.1, 0.15) is 187 Å². The lowest BCUT2D eigenvalue weighted by Gasteiger charge is -2.30. The van der Waals surface area contributed by atoms with Gasteiger partial charge in [-0.05, 0) is 38.5 Å². The molecule has 0 fully saturated rings. The summed E-state index contributed by atoms with van der Waals surface area (Å²) in [6.07, 6.45) is 35.0. The van der Waals surface area contributed by atoms with E-state index in [2.05, 4.69) is 31.3 Å².